The molecule has 184 valence electrons. The van der Waals surface area contributed by atoms with Gasteiger partial charge in [-0.05, 0) is 72.2 Å². The summed E-state index contributed by atoms with van der Waals surface area (Å²) in [4.78, 5) is 29.0. The van der Waals surface area contributed by atoms with Gasteiger partial charge in [-0.25, -0.2) is 0 Å². The molecule has 2 aliphatic rings. The summed E-state index contributed by atoms with van der Waals surface area (Å²) >= 11 is 0. The molecule has 0 spiro atoms. The minimum atomic E-state index is -0.234. The summed E-state index contributed by atoms with van der Waals surface area (Å²) in [5, 5.41) is 0. The molecule has 1 unspecified atom stereocenters. The van der Waals surface area contributed by atoms with E-state index in [1.165, 1.54) is 5.56 Å². The number of carbonyl (C=O) groups excluding carboxylic acids is 2. The maximum atomic E-state index is 13.6. The first-order valence-corrected chi connectivity index (χ1v) is 12.6. The number of aryl methyl sites for hydroxylation is 2. The monoisotopic (exact) mass is 479 g/mol. The summed E-state index contributed by atoms with van der Waals surface area (Å²) in [5.74, 6) is 0.725. The van der Waals surface area contributed by atoms with Gasteiger partial charge in [0, 0.05) is 35.7 Å². The van der Waals surface area contributed by atoms with Crippen molar-refractivity contribution in [2.75, 3.05) is 4.90 Å². The first-order valence-electron chi connectivity index (χ1n) is 12.6. The number of nitrogens with zero attached hydrogens (tertiary/aromatic N) is 1. The molecule has 1 heterocycles. The predicted molar refractivity (Wildman–Crippen MR) is 143 cm³/mol. The van der Waals surface area contributed by atoms with E-state index in [4.69, 9.17) is 4.74 Å². The van der Waals surface area contributed by atoms with E-state index >= 15 is 0 Å². The molecule has 36 heavy (non-hydrogen) atoms. The van der Waals surface area contributed by atoms with Gasteiger partial charge in [-0.1, -0.05) is 62.4 Å². The third-order valence-corrected chi connectivity index (χ3v) is 7.42. The summed E-state index contributed by atoms with van der Waals surface area (Å²) in [7, 11) is 0. The van der Waals surface area contributed by atoms with E-state index in [1.54, 1.807) is 0 Å². The Kier molecular flexibility index (Phi) is 6.29. The number of ketones is 1. The number of carbonyl (C=O) groups is 2. The van der Waals surface area contributed by atoms with Gasteiger partial charge < -0.3 is 4.74 Å². The van der Waals surface area contributed by atoms with E-state index in [1.807, 2.05) is 71.6 Å². The molecule has 0 saturated heterocycles. The van der Waals surface area contributed by atoms with E-state index < -0.39 is 0 Å². The van der Waals surface area contributed by atoms with E-state index in [2.05, 4.69) is 33.8 Å². The van der Waals surface area contributed by atoms with Crippen molar-refractivity contribution in [3.05, 3.63) is 106 Å². The van der Waals surface area contributed by atoms with Crippen LogP contribution in [0.25, 0.3) is 0 Å². The Bertz CT molecular complexity index is 1340. The molecule has 0 bridgehead atoms. The average molecular weight is 480 g/mol. The maximum Gasteiger partial charge on any atom is 0.232 e. The quantitative estimate of drug-likeness (QED) is 0.394. The Morgan fingerprint density at radius 2 is 1.61 bits per heavy atom. The van der Waals surface area contributed by atoms with Crippen LogP contribution in [0, 0.1) is 19.3 Å². The first kappa shape index (κ1) is 24.1. The molecule has 0 radical (unpaired) electrons. The van der Waals surface area contributed by atoms with Crippen molar-refractivity contribution in [3.63, 3.8) is 0 Å². The van der Waals surface area contributed by atoms with Gasteiger partial charge in [0.2, 0.25) is 5.91 Å². The van der Waals surface area contributed by atoms with Crippen LogP contribution in [-0.2, 0) is 16.2 Å². The van der Waals surface area contributed by atoms with E-state index in [-0.39, 0.29) is 29.4 Å². The Hall–Kier alpha value is -3.66. The lowest BCUT2D eigenvalue weighted by Gasteiger charge is -2.43. The summed E-state index contributed by atoms with van der Waals surface area (Å²) in [5.41, 5.74) is 6.74. The normalized spacial score (nSPS) is 19.3. The minimum absolute atomic E-state index is 0.0388. The highest BCUT2D eigenvalue weighted by Gasteiger charge is 2.44. The minimum Gasteiger partial charge on any atom is -0.489 e. The van der Waals surface area contributed by atoms with Gasteiger partial charge in [0.05, 0.1) is 0 Å². The fourth-order valence-corrected chi connectivity index (χ4v) is 5.40. The lowest BCUT2D eigenvalue weighted by Crippen LogP contribution is -2.43. The zero-order chi connectivity index (χ0) is 25.4. The number of anilines is 1. The second-order valence-electron chi connectivity index (χ2n) is 10.9. The van der Waals surface area contributed by atoms with Gasteiger partial charge in [-0.3, -0.25) is 14.5 Å². The third-order valence-electron chi connectivity index (χ3n) is 7.42. The topological polar surface area (TPSA) is 46.6 Å². The highest BCUT2D eigenvalue weighted by molar-refractivity contribution is 6.07. The molecular formula is C32H33NO3. The van der Waals surface area contributed by atoms with Crippen molar-refractivity contribution >= 4 is 17.4 Å². The van der Waals surface area contributed by atoms with E-state index in [9.17, 15) is 9.59 Å². The van der Waals surface area contributed by atoms with Crippen LogP contribution in [0.3, 0.4) is 0 Å². The summed E-state index contributed by atoms with van der Waals surface area (Å²) < 4.78 is 5.95. The molecule has 4 nitrogen and oxygen atoms in total. The van der Waals surface area contributed by atoms with E-state index in [0.717, 1.165) is 39.4 Å². The summed E-state index contributed by atoms with van der Waals surface area (Å²) in [6.45, 7) is 8.84. The smallest absolute Gasteiger partial charge is 0.232 e. The number of Topliss-reactive ketones (excluding diaryl/α,β-unsaturated/α-hetero) is 1. The van der Waals surface area contributed by atoms with Gasteiger partial charge in [-0.2, -0.15) is 0 Å². The lowest BCUT2D eigenvalue weighted by atomic mass is 9.69. The molecule has 0 saturated carbocycles. The van der Waals surface area contributed by atoms with Crippen LogP contribution in [0.2, 0.25) is 0 Å². The number of benzene rings is 3. The molecule has 1 aliphatic heterocycles. The Morgan fingerprint density at radius 3 is 2.31 bits per heavy atom. The Morgan fingerprint density at radius 1 is 0.889 bits per heavy atom. The second-order valence-corrected chi connectivity index (χ2v) is 10.9. The van der Waals surface area contributed by atoms with Crippen LogP contribution in [0.4, 0.5) is 5.69 Å². The van der Waals surface area contributed by atoms with Gasteiger partial charge >= 0.3 is 0 Å². The zero-order valence-electron chi connectivity index (χ0n) is 21.5. The number of amides is 1. The molecule has 0 fully saturated rings. The second kappa shape index (κ2) is 9.42. The van der Waals surface area contributed by atoms with Crippen molar-refractivity contribution in [1.29, 1.82) is 0 Å². The van der Waals surface area contributed by atoms with Crippen molar-refractivity contribution in [2.45, 2.75) is 59.5 Å². The van der Waals surface area contributed by atoms with Crippen LogP contribution in [0.15, 0.2) is 84.1 Å². The molecule has 0 N–H and O–H groups in total. The molecule has 1 amide bonds. The molecule has 4 heteroatoms. The highest BCUT2D eigenvalue weighted by atomic mass is 16.5. The molecule has 3 aromatic carbocycles. The molecular weight excluding hydrogens is 446 g/mol. The lowest BCUT2D eigenvalue weighted by molar-refractivity contribution is -0.121. The zero-order valence-corrected chi connectivity index (χ0v) is 21.5. The molecule has 5 rings (SSSR count). The molecule has 3 aromatic rings. The fraction of sp³-hybridized carbons (Fsp3) is 0.312. The van der Waals surface area contributed by atoms with Gasteiger partial charge in [0.1, 0.15) is 12.4 Å². The first-order chi connectivity index (χ1) is 17.2. The third kappa shape index (κ3) is 4.73. The van der Waals surface area contributed by atoms with Crippen LogP contribution < -0.4 is 9.64 Å². The van der Waals surface area contributed by atoms with Crippen molar-refractivity contribution in [3.8, 4) is 5.75 Å². The SMILES string of the molecule is Cc1ccc(N2C(=O)CC(c3ccc(OCc4ccccc4)cc3)C3=C2CC(C)(C)CC3=O)cc1C. The highest BCUT2D eigenvalue weighted by Crippen LogP contribution is 2.48. The largest absolute Gasteiger partial charge is 0.489 e. The summed E-state index contributed by atoms with van der Waals surface area (Å²) in [6.07, 6.45) is 1.47. The predicted octanol–water partition coefficient (Wildman–Crippen LogP) is 7.05. The number of hydrogen-bond acceptors (Lipinski definition) is 3. The number of rotatable bonds is 5. The van der Waals surface area contributed by atoms with Crippen molar-refractivity contribution in [2.24, 2.45) is 5.41 Å². The van der Waals surface area contributed by atoms with Gasteiger partial charge in [0.25, 0.3) is 0 Å². The number of hydrogen-bond donors (Lipinski definition) is 0. The van der Waals surface area contributed by atoms with Crippen molar-refractivity contribution < 1.29 is 14.3 Å². The Balaban J connectivity index is 1.49. The van der Waals surface area contributed by atoms with Crippen LogP contribution in [0.1, 0.15) is 61.3 Å². The summed E-state index contributed by atoms with van der Waals surface area (Å²) in [6, 6.07) is 24.0. The van der Waals surface area contributed by atoms with Crippen molar-refractivity contribution in [1.82, 2.24) is 0 Å². The Labute approximate surface area is 213 Å². The van der Waals surface area contributed by atoms with Crippen LogP contribution in [-0.4, -0.2) is 11.7 Å². The molecule has 1 atom stereocenters. The molecule has 1 aliphatic carbocycles. The molecule has 0 aromatic heterocycles. The van der Waals surface area contributed by atoms with Crippen LogP contribution in [0.5, 0.6) is 5.75 Å². The fourth-order valence-electron chi connectivity index (χ4n) is 5.40. The number of ether oxygens (including phenoxy) is 1. The maximum absolute atomic E-state index is 13.6. The number of allylic oxidation sites excluding steroid dienone is 2. The van der Waals surface area contributed by atoms with Gasteiger partial charge in [-0.15, -0.1) is 0 Å². The van der Waals surface area contributed by atoms with Crippen LogP contribution >= 0.6 is 0 Å². The average Bonchev–Trinajstić information content (AvgIpc) is 2.84. The van der Waals surface area contributed by atoms with Gasteiger partial charge in [0.15, 0.2) is 5.78 Å². The van der Waals surface area contributed by atoms with E-state index in [0.29, 0.717) is 19.4 Å². The standard InChI is InChI=1S/C32H33NO3/c1-21-10-13-25(16-22(21)2)33-28-18-32(3,4)19-29(34)31(28)27(17-30(33)35)24-11-14-26(15-12-24)36-20-23-8-6-5-7-9-23/h5-16,27H,17-20H2,1-4H3.